The molecular formula is C12H13ClN2S. The number of rotatable bonds is 3. The molecule has 1 fully saturated rings. The normalized spacial score (nSPS) is 23.6. The lowest BCUT2D eigenvalue weighted by atomic mass is 10.3. The molecule has 84 valence electrons. The quantitative estimate of drug-likeness (QED) is 0.893. The van der Waals surface area contributed by atoms with Crippen LogP contribution in [0, 0.1) is 11.8 Å². The number of nitrogens with zero attached hydrogens (tertiary/aromatic N) is 1. The lowest BCUT2D eigenvalue weighted by Gasteiger charge is -1.98. The second kappa shape index (κ2) is 3.90. The van der Waals surface area contributed by atoms with Gasteiger partial charge in [-0.2, -0.15) is 0 Å². The lowest BCUT2D eigenvalue weighted by Crippen LogP contribution is -2.03. The van der Waals surface area contributed by atoms with Crippen LogP contribution in [0.15, 0.2) is 18.2 Å². The topological polar surface area (TPSA) is 24.9 Å². The minimum Gasteiger partial charge on any atom is -0.361 e. The highest BCUT2D eigenvalue weighted by atomic mass is 35.5. The van der Waals surface area contributed by atoms with Gasteiger partial charge in [-0.1, -0.05) is 35.9 Å². The second-order valence-electron chi connectivity index (χ2n) is 4.46. The summed E-state index contributed by atoms with van der Waals surface area (Å²) in [6.45, 7) is 3.33. The molecule has 0 bridgehead atoms. The molecule has 3 rings (SSSR count). The van der Waals surface area contributed by atoms with E-state index in [1.807, 2.05) is 18.2 Å². The van der Waals surface area contributed by atoms with E-state index in [-0.39, 0.29) is 0 Å². The molecule has 2 aromatic rings. The predicted molar refractivity (Wildman–Crippen MR) is 70.4 cm³/mol. The fourth-order valence-electron chi connectivity index (χ4n) is 1.89. The fourth-order valence-corrected chi connectivity index (χ4v) is 3.05. The summed E-state index contributed by atoms with van der Waals surface area (Å²) in [6, 6.07) is 5.86. The largest absolute Gasteiger partial charge is 0.361 e. The lowest BCUT2D eigenvalue weighted by molar-refractivity contribution is 0.787. The van der Waals surface area contributed by atoms with E-state index in [1.165, 1.54) is 6.42 Å². The van der Waals surface area contributed by atoms with Gasteiger partial charge >= 0.3 is 0 Å². The standard InChI is InChI=1S/C12H13ClN2S/c1-7-5-8(7)6-14-12-15-10-4-2-3-9(13)11(10)16-12/h2-4,7-8H,5-6H2,1H3,(H,14,15). The van der Waals surface area contributed by atoms with Crippen molar-refractivity contribution in [1.29, 1.82) is 0 Å². The van der Waals surface area contributed by atoms with Crippen LogP contribution < -0.4 is 5.32 Å². The van der Waals surface area contributed by atoms with Gasteiger partial charge in [0.1, 0.15) is 0 Å². The molecule has 1 saturated carbocycles. The van der Waals surface area contributed by atoms with Gasteiger partial charge < -0.3 is 5.32 Å². The highest BCUT2D eigenvalue weighted by molar-refractivity contribution is 7.22. The van der Waals surface area contributed by atoms with Gasteiger partial charge in [-0.3, -0.25) is 0 Å². The Hall–Kier alpha value is -0.800. The summed E-state index contributed by atoms with van der Waals surface area (Å²) in [7, 11) is 0. The zero-order chi connectivity index (χ0) is 11.1. The van der Waals surface area contributed by atoms with E-state index < -0.39 is 0 Å². The van der Waals surface area contributed by atoms with Crippen molar-refractivity contribution in [3.05, 3.63) is 23.2 Å². The van der Waals surface area contributed by atoms with Crippen LogP contribution in [0.5, 0.6) is 0 Å². The fraction of sp³-hybridized carbons (Fsp3) is 0.417. The van der Waals surface area contributed by atoms with Crippen molar-refractivity contribution >= 4 is 38.3 Å². The van der Waals surface area contributed by atoms with Gasteiger partial charge in [0, 0.05) is 6.54 Å². The van der Waals surface area contributed by atoms with Crippen molar-refractivity contribution in [2.24, 2.45) is 11.8 Å². The predicted octanol–water partition coefficient (Wildman–Crippen LogP) is 4.02. The van der Waals surface area contributed by atoms with Gasteiger partial charge in [0.25, 0.3) is 0 Å². The van der Waals surface area contributed by atoms with Gasteiger partial charge in [-0.05, 0) is 30.4 Å². The van der Waals surface area contributed by atoms with Crippen LogP contribution in [-0.2, 0) is 0 Å². The van der Waals surface area contributed by atoms with Crippen molar-refractivity contribution < 1.29 is 0 Å². The smallest absolute Gasteiger partial charge is 0.183 e. The molecule has 1 aliphatic rings. The Labute approximate surface area is 104 Å². The maximum atomic E-state index is 6.11. The monoisotopic (exact) mass is 252 g/mol. The van der Waals surface area contributed by atoms with Crippen molar-refractivity contribution in [2.75, 3.05) is 11.9 Å². The minimum absolute atomic E-state index is 0.794. The molecule has 0 radical (unpaired) electrons. The Kier molecular flexibility index (Phi) is 2.52. The average Bonchev–Trinajstić information content (AvgIpc) is 2.79. The highest BCUT2D eigenvalue weighted by Crippen LogP contribution is 2.38. The molecule has 1 aromatic carbocycles. The van der Waals surface area contributed by atoms with E-state index in [4.69, 9.17) is 11.6 Å². The van der Waals surface area contributed by atoms with Crippen LogP contribution >= 0.6 is 22.9 Å². The molecule has 1 aromatic heterocycles. The van der Waals surface area contributed by atoms with Gasteiger partial charge in [0.15, 0.2) is 5.13 Å². The number of anilines is 1. The molecule has 4 heteroatoms. The molecule has 16 heavy (non-hydrogen) atoms. The second-order valence-corrected chi connectivity index (χ2v) is 5.87. The zero-order valence-corrected chi connectivity index (χ0v) is 10.6. The summed E-state index contributed by atoms with van der Waals surface area (Å²) in [4.78, 5) is 4.52. The highest BCUT2D eigenvalue weighted by Gasteiger charge is 2.32. The van der Waals surface area contributed by atoms with Crippen molar-refractivity contribution in [1.82, 2.24) is 4.98 Å². The third kappa shape index (κ3) is 1.89. The molecule has 0 saturated heterocycles. The Bertz CT molecular complexity index is 523. The summed E-state index contributed by atoms with van der Waals surface area (Å²) in [5.41, 5.74) is 0.990. The summed E-state index contributed by atoms with van der Waals surface area (Å²) in [5, 5.41) is 5.18. The van der Waals surface area contributed by atoms with Crippen LogP contribution in [0.25, 0.3) is 10.2 Å². The van der Waals surface area contributed by atoms with Crippen LogP contribution in [0.4, 0.5) is 5.13 Å². The van der Waals surface area contributed by atoms with E-state index in [2.05, 4.69) is 17.2 Å². The first kappa shape index (κ1) is 10.4. The van der Waals surface area contributed by atoms with Crippen LogP contribution in [0.1, 0.15) is 13.3 Å². The maximum absolute atomic E-state index is 6.11. The zero-order valence-electron chi connectivity index (χ0n) is 9.03. The van der Waals surface area contributed by atoms with Crippen molar-refractivity contribution in [2.45, 2.75) is 13.3 Å². The summed E-state index contributed by atoms with van der Waals surface area (Å²) in [5.74, 6) is 1.72. The van der Waals surface area contributed by atoms with E-state index in [1.54, 1.807) is 11.3 Å². The number of benzene rings is 1. The van der Waals surface area contributed by atoms with Crippen LogP contribution in [0.3, 0.4) is 0 Å². The first-order valence-corrected chi connectivity index (χ1v) is 6.72. The molecule has 1 N–H and O–H groups in total. The first-order valence-electron chi connectivity index (χ1n) is 5.53. The molecule has 2 unspecified atom stereocenters. The molecular weight excluding hydrogens is 240 g/mol. The molecule has 0 aliphatic heterocycles. The SMILES string of the molecule is CC1CC1CNc1nc2cccc(Cl)c2s1. The minimum atomic E-state index is 0.794. The number of aromatic nitrogens is 1. The Morgan fingerprint density at radius 2 is 2.38 bits per heavy atom. The van der Waals surface area contributed by atoms with E-state index in [9.17, 15) is 0 Å². The third-order valence-electron chi connectivity index (χ3n) is 3.16. The van der Waals surface area contributed by atoms with Crippen molar-refractivity contribution in [3.8, 4) is 0 Å². The van der Waals surface area contributed by atoms with E-state index in [0.29, 0.717) is 0 Å². The number of hydrogen-bond donors (Lipinski definition) is 1. The summed E-state index contributed by atoms with van der Waals surface area (Å²) < 4.78 is 1.08. The van der Waals surface area contributed by atoms with Crippen LogP contribution in [-0.4, -0.2) is 11.5 Å². The molecule has 1 aliphatic carbocycles. The average molecular weight is 253 g/mol. The molecule has 0 spiro atoms. The Balaban J connectivity index is 1.79. The van der Waals surface area contributed by atoms with E-state index >= 15 is 0 Å². The number of fused-ring (bicyclic) bond motifs is 1. The van der Waals surface area contributed by atoms with Crippen LogP contribution in [0.2, 0.25) is 5.02 Å². The Morgan fingerprint density at radius 1 is 1.56 bits per heavy atom. The third-order valence-corrected chi connectivity index (χ3v) is 4.65. The van der Waals surface area contributed by atoms with Gasteiger partial charge in [-0.25, -0.2) is 4.98 Å². The number of halogens is 1. The van der Waals surface area contributed by atoms with Gasteiger partial charge in [-0.15, -0.1) is 0 Å². The van der Waals surface area contributed by atoms with E-state index in [0.717, 1.165) is 38.8 Å². The van der Waals surface area contributed by atoms with Crippen molar-refractivity contribution in [3.63, 3.8) is 0 Å². The number of thiazole rings is 1. The van der Waals surface area contributed by atoms with Gasteiger partial charge in [0.2, 0.25) is 0 Å². The molecule has 2 nitrogen and oxygen atoms in total. The number of hydrogen-bond acceptors (Lipinski definition) is 3. The summed E-state index contributed by atoms with van der Waals surface area (Å²) >= 11 is 7.75. The molecule has 0 amide bonds. The molecule has 1 heterocycles. The van der Waals surface area contributed by atoms with Gasteiger partial charge in [0.05, 0.1) is 15.2 Å². The maximum Gasteiger partial charge on any atom is 0.183 e. The molecule has 2 atom stereocenters. The number of nitrogens with one attached hydrogen (secondary N) is 1. The first-order chi connectivity index (χ1) is 7.74. The summed E-state index contributed by atoms with van der Waals surface area (Å²) in [6.07, 6.45) is 1.35. The Morgan fingerprint density at radius 3 is 3.06 bits per heavy atom.